The monoisotopic (exact) mass is 390 g/mol. The first kappa shape index (κ1) is 17.0. The summed E-state index contributed by atoms with van der Waals surface area (Å²) in [6.07, 6.45) is 6.40. The molecule has 0 aliphatic carbocycles. The lowest BCUT2D eigenvalue weighted by atomic mass is 10.1. The van der Waals surface area contributed by atoms with E-state index < -0.39 is 0 Å². The van der Waals surface area contributed by atoms with Crippen LogP contribution in [0.5, 0.6) is 0 Å². The molecule has 0 bridgehead atoms. The molecule has 0 N–H and O–H groups in total. The molecule has 1 aliphatic heterocycles. The van der Waals surface area contributed by atoms with Crippen molar-refractivity contribution >= 4 is 22.9 Å². The highest BCUT2D eigenvalue weighted by Crippen LogP contribution is 2.27. The van der Waals surface area contributed by atoms with Gasteiger partial charge in [0, 0.05) is 48.5 Å². The van der Waals surface area contributed by atoms with Crippen molar-refractivity contribution in [3.8, 4) is 11.1 Å². The van der Waals surface area contributed by atoms with Gasteiger partial charge in [0.05, 0.1) is 5.01 Å². The molecule has 0 radical (unpaired) electrons. The number of likely N-dealkylation sites (tertiary alicyclic amines) is 1. The van der Waals surface area contributed by atoms with Crippen LogP contribution in [0.15, 0.2) is 48.2 Å². The highest BCUT2D eigenvalue weighted by atomic mass is 32.1. The lowest BCUT2D eigenvalue weighted by Crippen LogP contribution is -2.28. The Balaban J connectivity index is 1.37. The Labute approximate surface area is 165 Å². The summed E-state index contributed by atoms with van der Waals surface area (Å²) in [6, 6.07) is 7.96. The van der Waals surface area contributed by atoms with Crippen LogP contribution in [-0.2, 0) is 0 Å². The number of carbonyl (C=O) groups excluding carboxylic acids is 1. The first-order chi connectivity index (χ1) is 13.7. The van der Waals surface area contributed by atoms with Crippen LogP contribution in [0, 0.1) is 6.92 Å². The molecule has 0 spiro atoms. The number of carbonyl (C=O) groups is 1. The van der Waals surface area contributed by atoms with E-state index >= 15 is 0 Å². The molecule has 1 fully saturated rings. The summed E-state index contributed by atoms with van der Waals surface area (Å²) in [4.78, 5) is 27.5. The number of pyridine rings is 2. The SMILES string of the molecule is Cc1nc(C(=O)N2CC[C@@H](c3nc4ccc(-c5ccncc5)cn4n3)C2)cs1. The van der Waals surface area contributed by atoms with Gasteiger partial charge in [-0.25, -0.2) is 14.5 Å². The average molecular weight is 390 g/mol. The molecule has 1 aliphatic rings. The Morgan fingerprint density at radius 3 is 2.79 bits per heavy atom. The fourth-order valence-electron chi connectivity index (χ4n) is 3.57. The van der Waals surface area contributed by atoms with Crippen LogP contribution < -0.4 is 0 Å². The minimum Gasteiger partial charge on any atom is -0.337 e. The van der Waals surface area contributed by atoms with Crippen LogP contribution in [0.4, 0.5) is 0 Å². The van der Waals surface area contributed by atoms with Crippen molar-refractivity contribution in [2.45, 2.75) is 19.3 Å². The Morgan fingerprint density at radius 1 is 1.14 bits per heavy atom. The third kappa shape index (κ3) is 3.05. The second kappa shape index (κ2) is 6.79. The lowest BCUT2D eigenvalue weighted by molar-refractivity contribution is 0.0785. The first-order valence-corrected chi connectivity index (χ1v) is 10.0. The lowest BCUT2D eigenvalue weighted by Gasteiger charge is -2.14. The highest BCUT2D eigenvalue weighted by molar-refractivity contribution is 7.09. The largest absolute Gasteiger partial charge is 0.337 e. The molecule has 140 valence electrons. The molecule has 0 aromatic carbocycles. The number of fused-ring (bicyclic) bond motifs is 1. The molecule has 4 aromatic rings. The maximum atomic E-state index is 12.6. The Bertz CT molecular complexity index is 1150. The van der Waals surface area contributed by atoms with Crippen molar-refractivity contribution < 1.29 is 4.79 Å². The van der Waals surface area contributed by atoms with Crippen LogP contribution in [0.2, 0.25) is 0 Å². The molecule has 1 saturated heterocycles. The fourth-order valence-corrected chi connectivity index (χ4v) is 4.15. The molecular weight excluding hydrogens is 372 g/mol. The van der Waals surface area contributed by atoms with E-state index in [-0.39, 0.29) is 11.8 Å². The van der Waals surface area contributed by atoms with E-state index in [1.54, 1.807) is 12.4 Å². The summed E-state index contributed by atoms with van der Waals surface area (Å²) in [6.45, 7) is 3.25. The summed E-state index contributed by atoms with van der Waals surface area (Å²) in [5.74, 6) is 0.931. The van der Waals surface area contributed by atoms with Gasteiger partial charge in [0.1, 0.15) is 5.69 Å². The molecule has 1 atom stereocenters. The Kier molecular flexibility index (Phi) is 4.12. The van der Waals surface area contributed by atoms with Crippen molar-refractivity contribution in [3.05, 3.63) is 64.8 Å². The molecule has 7 nitrogen and oxygen atoms in total. The number of hydrogen-bond acceptors (Lipinski definition) is 6. The molecular formula is C20H18N6OS. The molecule has 28 heavy (non-hydrogen) atoms. The predicted octanol–water partition coefficient (Wildman–Crippen LogP) is 3.19. The van der Waals surface area contributed by atoms with Gasteiger partial charge in [-0.1, -0.05) is 0 Å². The van der Waals surface area contributed by atoms with Gasteiger partial charge in [0.25, 0.3) is 5.91 Å². The van der Waals surface area contributed by atoms with E-state index in [2.05, 4.69) is 20.1 Å². The molecule has 5 rings (SSSR count). The smallest absolute Gasteiger partial charge is 0.273 e. The summed E-state index contributed by atoms with van der Waals surface area (Å²) < 4.78 is 1.82. The maximum absolute atomic E-state index is 12.6. The standard InChI is InChI=1S/C20H18N6OS/c1-13-22-17(12-28-13)20(27)25-9-6-16(10-25)19-23-18-3-2-15(11-26(18)24-19)14-4-7-21-8-5-14/h2-5,7-8,11-12,16H,6,9-10H2,1H3/t16-/m1/s1. The number of rotatable bonds is 3. The zero-order valence-corrected chi connectivity index (χ0v) is 16.1. The van der Waals surface area contributed by atoms with Crippen LogP contribution in [-0.4, -0.2) is 48.5 Å². The second-order valence-electron chi connectivity index (χ2n) is 6.91. The van der Waals surface area contributed by atoms with Crippen LogP contribution in [0.3, 0.4) is 0 Å². The molecule has 8 heteroatoms. The summed E-state index contributed by atoms with van der Waals surface area (Å²) >= 11 is 1.50. The third-order valence-electron chi connectivity index (χ3n) is 5.04. The van der Waals surface area contributed by atoms with Gasteiger partial charge in [-0.05, 0) is 43.2 Å². The van der Waals surface area contributed by atoms with Crippen molar-refractivity contribution in [1.29, 1.82) is 0 Å². The van der Waals surface area contributed by atoms with Crippen molar-refractivity contribution in [1.82, 2.24) is 29.5 Å². The van der Waals surface area contributed by atoms with Gasteiger partial charge >= 0.3 is 0 Å². The van der Waals surface area contributed by atoms with Crippen molar-refractivity contribution in [3.63, 3.8) is 0 Å². The molecule has 4 aromatic heterocycles. The average Bonchev–Trinajstić information content (AvgIpc) is 3.46. The second-order valence-corrected chi connectivity index (χ2v) is 7.98. The topological polar surface area (TPSA) is 76.3 Å². The van der Waals surface area contributed by atoms with Crippen molar-refractivity contribution in [2.75, 3.05) is 13.1 Å². The number of hydrogen-bond donors (Lipinski definition) is 0. The van der Waals surface area contributed by atoms with Gasteiger partial charge in [-0.2, -0.15) is 5.10 Å². The normalized spacial score (nSPS) is 16.8. The molecule has 0 saturated carbocycles. The quantitative estimate of drug-likeness (QED) is 0.537. The van der Waals surface area contributed by atoms with Gasteiger partial charge in [-0.15, -0.1) is 11.3 Å². The number of amides is 1. The zero-order chi connectivity index (χ0) is 19.1. The third-order valence-corrected chi connectivity index (χ3v) is 5.81. The Morgan fingerprint density at radius 2 is 2.00 bits per heavy atom. The van der Waals surface area contributed by atoms with Crippen LogP contribution in [0.25, 0.3) is 16.8 Å². The summed E-state index contributed by atoms with van der Waals surface area (Å²) in [5.41, 5.74) is 3.50. The van der Waals surface area contributed by atoms with E-state index in [4.69, 9.17) is 0 Å². The van der Waals surface area contributed by atoms with E-state index in [1.165, 1.54) is 11.3 Å². The van der Waals surface area contributed by atoms with Crippen LogP contribution in [0.1, 0.15) is 33.7 Å². The van der Waals surface area contributed by atoms with Gasteiger partial charge < -0.3 is 4.90 Å². The minimum atomic E-state index is -0.00409. The molecule has 1 amide bonds. The summed E-state index contributed by atoms with van der Waals surface area (Å²) in [5, 5.41) is 7.43. The van der Waals surface area contributed by atoms with Gasteiger partial charge in [0.15, 0.2) is 11.5 Å². The first-order valence-electron chi connectivity index (χ1n) is 9.15. The molecule has 0 unspecified atom stereocenters. The highest BCUT2D eigenvalue weighted by Gasteiger charge is 2.31. The zero-order valence-electron chi connectivity index (χ0n) is 15.3. The van der Waals surface area contributed by atoms with Gasteiger partial charge in [-0.3, -0.25) is 9.78 Å². The van der Waals surface area contributed by atoms with Crippen molar-refractivity contribution in [2.24, 2.45) is 0 Å². The number of aromatic nitrogens is 5. The van der Waals surface area contributed by atoms with E-state index in [0.717, 1.165) is 34.0 Å². The summed E-state index contributed by atoms with van der Waals surface area (Å²) in [7, 11) is 0. The van der Waals surface area contributed by atoms with E-state index in [9.17, 15) is 4.79 Å². The number of nitrogens with zero attached hydrogens (tertiary/aromatic N) is 6. The Hall–Kier alpha value is -3.13. The van der Waals surface area contributed by atoms with E-state index in [1.807, 2.05) is 52.2 Å². The predicted molar refractivity (Wildman–Crippen MR) is 106 cm³/mol. The fraction of sp³-hybridized carbons (Fsp3) is 0.250. The number of thiazole rings is 1. The minimum absolute atomic E-state index is 0.00409. The molecule has 5 heterocycles. The van der Waals surface area contributed by atoms with E-state index in [0.29, 0.717) is 18.8 Å². The number of aryl methyl sites for hydroxylation is 1. The van der Waals surface area contributed by atoms with Crippen LogP contribution >= 0.6 is 11.3 Å². The van der Waals surface area contributed by atoms with Gasteiger partial charge in [0.2, 0.25) is 0 Å². The maximum Gasteiger partial charge on any atom is 0.273 e.